The van der Waals surface area contributed by atoms with Gasteiger partial charge in [0.25, 0.3) is 0 Å². The Kier molecular flexibility index (Phi) is 5.02. The Bertz CT molecular complexity index is 674. The third-order valence-electron chi connectivity index (χ3n) is 3.22. The second kappa shape index (κ2) is 6.96. The number of nitrogens with zero attached hydrogens (tertiary/aromatic N) is 1. The molecule has 1 atom stereocenters. The smallest absolute Gasteiger partial charge is 0.184 e. The van der Waals surface area contributed by atoms with Gasteiger partial charge in [-0.25, -0.2) is 0 Å². The molecular weight excluding hydrogens is 282 g/mol. The summed E-state index contributed by atoms with van der Waals surface area (Å²) in [6.45, 7) is 0. The number of thioether (sulfide) groups is 1. The van der Waals surface area contributed by atoms with E-state index in [1.165, 1.54) is 7.11 Å². The van der Waals surface area contributed by atoms with E-state index in [9.17, 15) is 10.1 Å². The number of hydrogen-bond donors (Lipinski definition) is 0. The van der Waals surface area contributed by atoms with E-state index in [4.69, 9.17) is 4.74 Å². The van der Waals surface area contributed by atoms with Crippen LogP contribution < -0.4 is 4.74 Å². The SMILES string of the molecule is COc1ccccc1C(C#N)C(=O)c1ccc(SC)cc1. The Morgan fingerprint density at radius 2 is 1.86 bits per heavy atom. The third-order valence-corrected chi connectivity index (χ3v) is 3.96. The van der Waals surface area contributed by atoms with E-state index in [1.807, 2.05) is 24.5 Å². The molecular formula is C17H15NO2S. The largest absolute Gasteiger partial charge is 0.496 e. The minimum absolute atomic E-state index is 0.213. The molecule has 3 nitrogen and oxygen atoms in total. The number of para-hydroxylation sites is 1. The number of Topliss-reactive ketones (excluding diaryl/α,β-unsaturated/α-hetero) is 1. The van der Waals surface area contributed by atoms with Crippen LogP contribution in [0, 0.1) is 11.3 Å². The average molecular weight is 297 g/mol. The van der Waals surface area contributed by atoms with Crippen molar-refractivity contribution in [2.24, 2.45) is 0 Å². The van der Waals surface area contributed by atoms with Crippen LogP contribution in [0.3, 0.4) is 0 Å². The Hall–Kier alpha value is -2.25. The fourth-order valence-electron chi connectivity index (χ4n) is 2.10. The lowest BCUT2D eigenvalue weighted by Gasteiger charge is -2.13. The molecule has 2 aromatic carbocycles. The zero-order valence-electron chi connectivity index (χ0n) is 11.9. The molecule has 0 saturated heterocycles. The van der Waals surface area contributed by atoms with Gasteiger partial charge in [0.15, 0.2) is 5.78 Å². The maximum absolute atomic E-state index is 12.6. The second-order valence-corrected chi connectivity index (χ2v) is 5.28. The average Bonchev–Trinajstić information content (AvgIpc) is 2.56. The quantitative estimate of drug-likeness (QED) is 0.620. The fourth-order valence-corrected chi connectivity index (χ4v) is 2.50. The van der Waals surface area contributed by atoms with Gasteiger partial charge >= 0.3 is 0 Å². The zero-order chi connectivity index (χ0) is 15.2. The molecule has 0 aliphatic carbocycles. The number of carbonyl (C=O) groups excluding carboxylic acids is 1. The van der Waals surface area contributed by atoms with Gasteiger partial charge in [-0.1, -0.05) is 30.3 Å². The van der Waals surface area contributed by atoms with E-state index < -0.39 is 5.92 Å². The van der Waals surface area contributed by atoms with Crippen molar-refractivity contribution in [2.75, 3.05) is 13.4 Å². The second-order valence-electron chi connectivity index (χ2n) is 4.40. The number of benzene rings is 2. The van der Waals surface area contributed by atoms with Gasteiger partial charge in [-0.05, 0) is 24.5 Å². The Morgan fingerprint density at radius 1 is 1.19 bits per heavy atom. The molecule has 106 valence electrons. The van der Waals surface area contributed by atoms with Gasteiger partial charge in [-0.3, -0.25) is 4.79 Å². The van der Waals surface area contributed by atoms with Gasteiger partial charge in [-0.15, -0.1) is 11.8 Å². The highest BCUT2D eigenvalue weighted by Crippen LogP contribution is 2.29. The van der Waals surface area contributed by atoms with Crippen molar-refractivity contribution in [3.05, 3.63) is 59.7 Å². The first-order valence-electron chi connectivity index (χ1n) is 6.42. The number of methoxy groups -OCH3 is 1. The summed E-state index contributed by atoms with van der Waals surface area (Å²) in [5.74, 6) is -0.519. The molecule has 2 aromatic rings. The van der Waals surface area contributed by atoms with Crippen LogP contribution in [0.15, 0.2) is 53.4 Å². The van der Waals surface area contributed by atoms with E-state index in [2.05, 4.69) is 6.07 Å². The van der Waals surface area contributed by atoms with Crippen molar-refractivity contribution in [1.82, 2.24) is 0 Å². The zero-order valence-corrected chi connectivity index (χ0v) is 12.7. The number of ketones is 1. The first-order valence-corrected chi connectivity index (χ1v) is 7.64. The van der Waals surface area contributed by atoms with E-state index in [0.717, 1.165) is 4.90 Å². The van der Waals surface area contributed by atoms with Crippen LogP contribution in [0.5, 0.6) is 5.75 Å². The van der Waals surface area contributed by atoms with Gasteiger partial charge in [-0.2, -0.15) is 5.26 Å². The van der Waals surface area contributed by atoms with E-state index >= 15 is 0 Å². The van der Waals surface area contributed by atoms with E-state index in [1.54, 1.807) is 42.1 Å². The molecule has 0 fully saturated rings. The minimum Gasteiger partial charge on any atom is -0.496 e. The highest BCUT2D eigenvalue weighted by atomic mass is 32.2. The van der Waals surface area contributed by atoms with Crippen molar-refractivity contribution < 1.29 is 9.53 Å². The van der Waals surface area contributed by atoms with Crippen molar-refractivity contribution in [3.8, 4) is 11.8 Å². The van der Waals surface area contributed by atoms with Gasteiger partial charge < -0.3 is 4.74 Å². The van der Waals surface area contributed by atoms with E-state index in [0.29, 0.717) is 16.9 Å². The van der Waals surface area contributed by atoms with Crippen LogP contribution in [0.4, 0.5) is 0 Å². The summed E-state index contributed by atoms with van der Waals surface area (Å²) < 4.78 is 5.24. The summed E-state index contributed by atoms with van der Waals surface area (Å²) in [4.78, 5) is 13.6. The summed E-state index contributed by atoms with van der Waals surface area (Å²) >= 11 is 1.61. The highest BCUT2D eigenvalue weighted by molar-refractivity contribution is 7.98. The lowest BCUT2D eigenvalue weighted by Crippen LogP contribution is -2.12. The highest BCUT2D eigenvalue weighted by Gasteiger charge is 2.24. The molecule has 0 saturated carbocycles. The van der Waals surface area contributed by atoms with Crippen LogP contribution in [-0.2, 0) is 0 Å². The van der Waals surface area contributed by atoms with Gasteiger partial charge in [0.2, 0.25) is 0 Å². The van der Waals surface area contributed by atoms with Crippen molar-refractivity contribution >= 4 is 17.5 Å². The number of hydrogen-bond acceptors (Lipinski definition) is 4. The topological polar surface area (TPSA) is 50.1 Å². The maximum atomic E-state index is 12.6. The number of nitriles is 1. The van der Waals surface area contributed by atoms with Crippen molar-refractivity contribution in [1.29, 1.82) is 5.26 Å². The monoisotopic (exact) mass is 297 g/mol. The first-order chi connectivity index (χ1) is 10.2. The van der Waals surface area contributed by atoms with Crippen LogP contribution in [-0.4, -0.2) is 19.1 Å². The molecule has 21 heavy (non-hydrogen) atoms. The number of carbonyl (C=O) groups is 1. The summed E-state index contributed by atoms with van der Waals surface area (Å²) in [5.41, 5.74) is 1.13. The fraction of sp³-hybridized carbons (Fsp3) is 0.176. The number of rotatable bonds is 5. The lowest BCUT2D eigenvalue weighted by molar-refractivity contribution is 0.0977. The molecule has 0 bridgehead atoms. The van der Waals surface area contributed by atoms with E-state index in [-0.39, 0.29) is 5.78 Å². The van der Waals surface area contributed by atoms with Crippen LogP contribution in [0.2, 0.25) is 0 Å². The minimum atomic E-state index is -0.860. The summed E-state index contributed by atoms with van der Waals surface area (Å²) in [7, 11) is 1.53. The third kappa shape index (κ3) is 3.26. The molecule has 0 radical (unpaired) electrons. The van der Waals surface area contributed by atoms with Crippen LogP contribution in [0.1, 0.15) is 21.8 Å². The summed E-state index contributed by atoms with van der Waals surface area (Å²) in [6.07, 6.45) is 1.98. The van der Waals surface area contributed by atoms with Crippen LogP contribution >= 0.6 is 11.8 Å². The van der Waals surface area contributed by atoms with Crippen molar-refractivity contribution in [3.63, 3.8) is 0 Å². The molecule has 0 heterocycles. The Labute approximate surface area is 128 Å². The maximum Gasteiger partial charge on any atom is 0.184 e. The lowest BCUT2D eigenvalue weighted by atomic mass is 9.91. The molecule has 0 aromatic heterocycles. The summed E-state index contributed by atoms with van der Waals surface area (Å²) in [6, 6.07) is 16.5. The molecule has 2 rings (SSSR count). The summed E-state index contributed by atoms with van der Waals surface area (Å²) in [5, 5.41) is 9.40. The predicted molar refractivity (Wildman–Crippen MR) is 83.9 cm³/mol. The molecule has 0 N–H and O–H groups in total. The number of ether oxygens (including phenoxy) is 1. The molecule has 1 unspecified atom stereocenters. The molecule has 0 amide bonds. The normalized spacial score (nSPS) is 11.5. The predicted octanol–water partition coefficient (Wildman–Crippen LogP) is 3.91. The van der Waals surface area contributed by atoms with Gasteiger partial charge in [0.1, 0.15) is 11.7 Å². The molecule has 4 heteroatoms. The van der Waals surface area contributed by atoms with Crippen molar-refractivity contribution in [2.45, 2.75) is 10.8 Å². The Morgan fingerprint density at radius 3 is 2.43 bits per heavy atom. The van der Waals surface area contributed by atoms with Gasteiger partial charge in [0.05, 0.1) is 13.2 Å². The molecule has 0 spiro atoms. The van der Waals surface area contributed by atoms with Crippen LogP contribution in [0.25, 0.3) is 0 Å². The Balaban J connectivity index is 2.36. The first kappa shape index (κ1) is 15.1. The standard InChI is InChI=1S/C17H15NO2S/c1-20-16-6-4-3-5-14(16)15(11-18)17(19)12-7-9-13(21-2)10-8-12/h3-10,15H,1-2H3. The van der Waals surface area contributed by atoms with Gasteiger partial charge in [0, 0.05) is 16.0 Å². The molecule has 0 aliphatic rings. The molecule has 0 aliphatic heterocycles.